The minimum absolute atomic E-state index is 0.0278. The lowest BCUT2D eigenvalue weighted by molar-refractivity contribution is -0.120. The fourth-order valence-corrected chi connectivity index (χ4v) is 4.40. The van der Waals surface area contributed by atoms with Gasteiger partial charge in [-0.05, 0) is 45.2 Å². The largest absolute Gasteiger partial charge is 0.352 e. The van der Waals surface area contributed by atoms with Crippen LogP contribution in [0.1, 0.15) is 58.9 Å². The van der Waals surface area contributed by atoms with E-state index in [1.165, 1.54) is 24.6 Å². The number of fused-ring (bicyclic) bond motifs is 1. The summed E-state index contributed by atoms with van der Waals surface area (Å²) in [7, 11) is 0. The van der Waals surface area contributed by atoms with Crippen LogP contribution in [0.4, 0.5) is 0 Å². The van der Waals surface area contributed by atoms with E-state index in [-0.39, 0.29) is 22.8 Å². The first-order valence-electron chi connectivity index (χ1n) is 9.49. The van der Waals surface area contributed by atoms with Gasteiger partial charge in [0.05, 0.1) is 16.2 Å². The van der Waals surface area contributed by atoms with Crippen molar-refractivity contribution in [1.82, 2.24) is 14.9 Å². The maximum Gasteiger partial charge on any atom is 0.262 e. The number of amides is 1. The molecule has 5 nitrogen and oxygen atoms in total. The molecular formula is C20H27N3O2S. The smallest absolute Gasteiger partial charge is 0.262 e. The molecule has 0 saturated heterocycles. The Bertz CT molecular complexity index is 843. The van der Waals surface area contributed by atoms with Crippen LogP contribution in [0.2, 0.25) is 0 Å². The van der Waals surface area contributed by atoms with Gasteiger partial charge in [-0.15, -0.1) is 0 Å². The van der Waals surface area contributed by atoms with Gasteiger partial charge >= 0.3 is 0 Å². The molecule has 2 aromatic rings. The Kier molecular flexibility index (Phi) is 6.01. The van der Waals surface area contributed by atoms with Crippen LogP contribution in [0, 0.1) is 0 Å². The number of thioether (sulfide) groups is 1. The number of benzene rings is 1. The molecule has 0 unspecified atom stereocenters. The van der Waals surface area contributed by atoms with Crippen LogP contribution in [0.5, 0.6) is 0 Å². The third-order valence-corrected chi connectivity index (χ3v) is 6.23. The van der Waals surface area contributed by atoms with E-state index in [4.69, 9.17) is 4.98 Å². The Hall–Kier alpha value is -1.82. The Morgan fingerprint density at radius 3 is 2.69 bits per heavy atom. The molecule has 0 radical (unpaired) electrons. The summed E-state index contributed by atoms with van der Waals surface area (Å²) < 4.78 is 1.74. The number of nitrogens with zero attached hydrogens (tertiary/aromatic N) is 2. The number of carbonyl (C=O) groups is 1. The quantitative estimate of drug-likeness (QED) is 0.616. The lowest BCUT2D eigenvalue weighted by atomic mass is 10.2. The Labute approximate surface area is 158 Å². The molecule has 3 rings (SSSR count). The monoisotopic (exact) mass is 373 g/mol. The summed E-state index contributed by atoms with van der Waals surface area (Å²) in [5.74, 6) is 0.0278. The molecule has 1 aliphatic carbocycles. The molecular weight excluding hydrogens is 346 g/mol. The van der Waals surface area contributed by atoms with Gasteiger partial charge < -0.3 is 5.32 Å². The van der Waals surface area contributed by atoms with Crippen molar-refractivity contribution < 1.29 is 4.79 Å². The molecule has 0 aliphatic heterocycles. The molecule has 1 aromatic heterocycles. The van der Waals surface area contributed by atoms with Crippen LogP contribution in [-0.2, 0) is 4.79 Å². The Balaban J connectivity index is 1.90. The van der Waals surface area contributed by atoms with E-state index in [2.05, 4.69) is 12.2 Å². The molecule has 1 amide bonds. The van der Waals surface area contributed by atoms with E-state index in [1.54, 1.807) is 4.57 Å². The number of rotatable bonds is 6. The number of hydrogen-bond donors (Lipinski definition) is 1. The van der Waals surface area contributed by atoms with Gasteiger partial charge in [0.2, 0.25) is 5.91 Å². The van der Waals surface area contributed by atoms with Crippen molar-refractivity contribution in [2.24, 2.45) is 0 Å². The van der Waals surface area contributed by atoms with E-state index in [9.17, 15) is 9.59 Å². The van der Waals surface area contributed by atoms with Gasteiger partial charge in [-0.25, -0.2) is 4.98 Å². The summed E-state index contributed by atoms with van der Waals surface area (Å²) in [6.07, 6.45) is 5.33. The minimum atomic E-state index is -0.293. The lowest BCUT2D eigenvalue weighted by Gasteiger charge is -2.21. The summed E-state index contributed by atoms with van der Waals surface area (Å²) in [5, 5.41) is 4.09. The Morgan fingerprint density at radius 1 is 1.31 bits per heavy atom. The van der Waals surface area contributed by atoms with Crippen molar-refractivity contribution in [2.45, 2.75) is 75.4 Å². The third-order valence-electron chi connectivity index (χ3n) is 5.16. The van der Waals surface area contributed by atoms with E-state index in [0.29, 0.717) is 22.1 Å². The van der Waals surface area contributed by atoms with Gasteiger partial charge in [-0.2, -0.15) is 0 Å². The molecule has 0 spiro atoms. The molecule has 6 heteroatoms. The molecule has 0 bridgehead atoms. The number of nitrogens with one attached hydrogen (secondary N) is 1. The first-order chi connectivity index (χ1) is 12.5. The summed E-state index contributed by atoms with van der Waals surface area (Å²) in [6, 6.07) is 7.74. The third kappa shape index (κ3) is 3.95. The standard InChI is InChI=1S/C20H27N3O2S/c1-4-13(2)23-19(25)16-11-7-8-12-17(16)22-20(23)26-14(3)18(24)21-15-9-5-6-10-15/h7-8,11-15H,4-6,9-10H2,1-3H3,(H,21,24)/t13-,14-/m0/s1. The molecule has 26 heavy (non-hydrogen) atoms. The number of aromatic nitrogens is 2. The molecule has 1 aromatic carbocycles. The second-order valence-electron chi connectivity index (χ2n) is 7.09. The van der Waals surface area contributed by atoms with Crippen molar-refractivity contribution >= 4 is 28.6 Å². The van der Waals surface area contributed by atoms with Crippen molar-refractivity contribution in [1.29, 1.82) is 0 Å². The molecule has 1 saturated carbocycles. The topological polar surface area (TPSA) is 64.0 Å². The SMILES string of the molecule is CC[C@H](C)n1c(S[C@@H](C)C(=O)NC2CCCC2)nc2ccccc2c1=O. The lowest BCUT2D eigenvalue weighted by Crippen LogP contribution is -2.38. The number of carbonyl (C=O) groups excluding carboxylic acids is 1. The Morgan fingerprint density at radius 2 is 2.00 bits per heavy atom. The maximum atomic E-state index is 13.0. The molecule has 1 aliphatic rings. The maximum absolute atomic E-state index is 13.0. The van der Waals surface area contributed by atoms with Gasteiger partial charge in [-0.3, -0.25) is 14.2 Å². The highest BCUT2D eigenvalue weighted by atomic mass is 32.2. The fourth-order valence-electron chi connectivity index (χ4n) is 3.38. The van der Waals surface area contributed by atoms with Crippen LogP contribution in [0.3, 0.4) is 0 Å². The van der Waals surface area contributed by atoms with Gasteiger partial charge in [0.25, 0.3) is 5.56 Å². The van der Waals surface area contributed by atoms with Crippen LogP contribution >= 0.6 is 11.8 Å². The summed E-state index contributed by atoms with van der Waals surface area (Å²) in [6.45, 7) is 5.96. The normalized spacial score (nSPS) is 17.3. The summed E-state index contributed by atoms with van der Waals surface area (Å²) in [5.41, 5.74) is 0.652. The van der Waals surface area contributed by atoms with E-state index in [0.717, 1.165) is 19.3 Å². The predicted octanol–water partition coefficient (Wildman–Crippen LogP) is 3.91. The average Bonchev–Trinajstić information content (AvgIpc) is 3.14. The summed E-state index contributed by atoms with van der Waals surface area (Å²) in [4.78, 5) is 30.2. The van der Waals surface area contributed by atoms with Gasteiger partial charge in [-0.1, -0.05) is 43.7 Å². The van der Waals surface area contributed by atoms with Crippen LogP contribution in [0.25, 0.3) is 10.9 Å². The zero-order chi connectivity index (χ0) is 18.7. The first-order valence-corrected chi connectivity index (χ1v) is 10.4. The van der Waals surface area contributed by atoms with Gasteiger partial charge in [0.1, 0.15) is 0 Å². The fraction of sp³-hybridized carbons (Fsp3) is 0.550. The molecule has 1 fully saturated rings. The van der Waals surface area contributed by atoms with E-state index in [1.807, 2.05) is 38.1 Å². The first kappa shape index (κ1) is 19.0. The van der Waals surface area contributed by atoms with Crippen molar-refractivity contribution in [3.63, 3.8) is 0 Å². The minimum Gasteiger partial charge on any atom is -0.352 e. The second kappa shape index (κ2) is 8.25. The summed E-state index contributed by atoms with van der Waals surface area (Å²) >= 11 is 1.37. The van der Waals surface area contributed by atoms with E-state index < -0.39 is 0 Å². The molecule has 140 valence electrons. The van der Waals surface area contributed by atoms with Crippen LogP contribution < -0.4 is 10.9 Å². The average molecular weight is 374 g/mol. The van der Waals surface area contributed by atoms with Crippen LogP contribution in [0.15, 0.2) is 34.2 Å². The zero-order valence-electron chi connectivity index (χ0n) is 15.7. The predicted molar refractivity (Wildman–Crippen MR) is 107 cm³/mol. The highest BCUT2D eigenvalue weighted by molar-refractivity contribution is 8.00. The van der Waals surface area contributed by atoms with E-state index >= 15 is 0 Å². The highest BCUT2D eigenvalue weighted by Gasteiger charge is 2.24. The van der Waals surface area contributed by atoms with Crippen molar-refractivity contribution in [3.8, 4) is 0 Å². The highest BCUT2D eigenvalue weighted by Crippen LogP contribution is 2.26. The van der Waals surface area contributed by atoms with Crippen molar-refractivity contribution in [3.05, 3.63) is 34.6 Å². The van der Waals surface area contributed by atoms with Gasteiger partial charge in [0, 0.05) is 12.1 Å². The second-order valence-corrected chi connectivity index (χ2v) is 8.40. The molecule has 2 atom stereocenters. The zero-order valence-corrected chi connectivity index (χ0v) is 16.5. The molecule has 1 heterocycles. The van der Waals surface area contributed by atoms with Gasteiger partial charge in [0.15, 0.2) is 5.16 Å². The van der Waals surface area contributed by atoms with Crippen LogP contribution in [-0.4, -0.2) is 26.8 Å². The van der Waals surface area contributed by atoms with Crippen molar-refractivity contribution in [2.75, 3.05) is 0 Å². The number of para-hydroxylation sites is 1. The number of hydrogen-bond acceptors (Lipinski definition) is 4. The molecule has 1 N–H and O–H groups in total.